The van der Waals surface area contributed by atoms with Gasteiger partial charge in [-0.25, -0.2) is 5.43 Å². The second-order valence-corrected chi connectivity index (χ2v) is 5.39. The molecule has 0 saturated heterocycles. The molecule has 2 rings (SSSR count). The van der Waals surface area contributed by atoms with Crippen molar-refractivity contribution in [3.8, 4) is 5.75 Å². The molecule has 0 spiro atoms. The number of carbonyl (C=O) groups excluding carboxylic acids is 1. The predicted octanol–water partition coefficient (Wildman–Crippen LogP) is 3.41. The molecule has 2 N–H and O–H groups in total. The van der Waals surface area contributed by atoms with Gasteiger partial charge in [-0.05, 0) is 50.3 Å². The summed E-state index contributed by atoms with van der Waals surface area (Å²) in [7, 11) is 0. The van der Waals surface area contributed by atoms with Crippen molar-refractivity contribution in [3.05, 3.63) is 53.6 Å². The summed E-state index contributed by atoms with van der Waals surface area (Å²) in [6.45, 7) is 7.99. The van der Waals surface area contributed by atoms with Gasteiger partial charge in [0.15, 0.2) is 0 Å². The van der Waals surface area contributed by atoms with Gasteiger partial charge < -0.3 is 5.11 Å². The summed E-state index contributed by atoms with van der Waals surface area (Å²) >= 11 is 0. The van der Waals surface area contributed by atoms with Gasteiger partial charge in [-0.1, -0.05) is 30.4 Å². The van der Waals surface area contributed by atoms with Crippen molar-refractivity contribution in [2.24, 2.45) is 11.0 Å². The molecular formula is C17H20N2O2. The fraction of sp³-hybridized carbons (Fsp3) is 0.294. The van der Waals surface area contributed by atoms with E-state index < -0.39 is 5.91 Å². The summed E-state index contributed by atoms with van der Waals surface area (Å²) in [5.74, 6) is -0.0914. The topological polar surface area (TPSA) is 61.7 Å². The van der Waals surface area contributed by atoms with E-state index >= 15 is 0 Å². The molecule has 1 aromatic carbocycles. The largest absolute Gasteiger partial charge is 0.507 e. The smallest absolute Gasteiger partial charge is 0.275 e. The molecule has 0 aliphatic heterocycles. The molecule has 4 heteroatoms. The summed E-state index contributed by atoms with van der Waals surface area (Å²) in [4.78, 5) is 12.0. The van der Waals surface area contributed by atoms with Gasteiger partial charge in [-0.3, -0.25) is 4.79 Å². The monoisotopic (exact) mass is 284 g/mol. The zero-order valence-corrected chi connectivity index (χ0v) is 12.4. The minimum Gasteiger partial charge on any atom is -0.507 e. The lowest BCUT2D eigenvalue weighted by Crippen LogP contribution is -2.23. The number of para-hydroxylation sites is 1. The van der Waals surface area contributed by atoms with Gasteiger partial charge in [0.25, 0.3) is 5.91 Å². The van der Waals surface area contributed by atoms with Crippen LogP contribution in [-0.4, -0.2) is 16.7 Å². The molecule has 0 aromatic heterocycles. The van der Waals surface area contributed by atoms with Crippen LogP contribution in [0.25, 0.3) is 0 Å². The van der Waals surface area contributed by atoms with Gasteiger partial charge in [0, 0.05) is 0 Å². The Bertz CT molecular complexity index is 629. The number of carbonyl (C=O) groups is 1. The molecule has 1 atom stereocenters. The van der Waals surface area contributed by atoms with Gasteiger partial charge in [0.1, 0.15) is 5.75 Å². The Morgan fingerprint density at radius 3 is 2.81 bits per heavy atom. The molecule has 1 amide bonds. The number of hydrazone groups is 1. The minimum absolute atomic E-state index is 0.0501. The molecule has 4 nitrogen and oxygen atoms in total. The van der Waals surface area contributed by atoms with E-state index in [0.717, 1.165) is 29.7 Å². The number of nitrogens with zero attached hydrogens (tertiary/aromatic N) is 1. The van der Waals surface area contributed by atoms with Crippen molar-refractivity contribution in [2.75, 3.05) is 0 Å². The number of aromatic hydroxyl groups is 1. The van der Waals surface area contributed by atoms with Crippen LogP contribution in [0.3, 0.4) is 0 Å². The quantitative estimate of drug-likeness (QED) is 0.660. The van der Waals surface area contributed by atoms with Gasteiger partial charge in [0.2, 0.25) is 0 Å². The number of benzene rings is 1. The number of allylic oxidation sites excluding steroid dienone is 3. The number of hydrogen-bond acceptors (Lipinski definition) is 3. The van der Waals surface area contributed by atoms with Crippen LogP contribution in [0, 0.1) is 5.92 Å². The van der Waals surface area contributed by atoms with E-state index in [0.29, 0.717) is 5.92 Å². The van der Waals surface area contributed by atoms with Crippen molar-refractivity contribution in [1.82, 2.24) is 5.43 Å². The zero-order chi connectivity index (χ0) is 15.4. The Labute approximate surface area is 124 Å². The van der Waals surface area contributed by atoms with Gasteiger partial charge in [-0.2, -0.15) is 5.10 Å². The van der Waals surface area contributed by atoms with E-state index in [1.807, 2.05) is 13.8 Å². The molecule has 0 fully saturated rings. The van der Waals surface area contributed by atoms with Gasteiger partial charge >= 0.3 is 0 Å². The van der Waals surface area contributed by atoms with Crippen molar-refractivity contribution in [2.45, 2.75) is 26.7 Å². The first-order valence-electron chi connectivity index (χ1n) is 6.96. The maximum Gasteiger partial charge on any atom is 0.275 e. The van der Waals surface area contributed by atoms with Crippen LogP contribution in [0.1, 0.15) is 37.0 Å². The van der Waals surface area contributed by atoms with E-state index in [1.165, 1.54) is 6.07 Å². The van der Waals surface area contributed by atoms with Crippen LogP contribution in [0.15, 0.2) is 53.2 Å². The summed E-state index contributed by atoms with van der Waals surface area (Å²) < 4.78 is 0. The lowest BCUT2D eigenvalue weighted by Gasteiger charge is -2.22. The fourth-order valence-corrected chi connectivity index (χ4v) is 2.27. The molecule has 0 saturated carbocycles. The average Bonchev–Trinajstić information content (AvgIpc) is 2.46. The highest BCUT2D eigenvalue weighted by molar-refractivity contribution is 6.02. The molecule has 1 aromatic rings. The van der Waals surface area contributed by atoms with E-state index in [4.69, 9.17) is 0 Å². The van der Waals surface area contributed by atoms with Gasteiger partial charge in [-0.15, -0.1) is 0 Å². The van der Waals surface area contributed by atoms with Crippen molar-refractivity contribution < 1.29 is 9.90 Å². The standard InChI is InChI=1S/C17H20N2O2/c1-11(2)13-9-8-12(3)15(10-13)18-19-17(21)14-6-4-5-7-16(14)20/h4-8,13,20H,1,9-10H2,2-3H3,(H,19,21)/t13-/m0/s1. The maximum atomic E-state index is 12.0. The fourth-order valence-electron chi connectivity index (χ4n) is 2.27. The Hall–Kier alpha value is -2.36. The number of amides is 1. The molecule has 0 heterocycles. The normalized spacial score (nSPS) is 20.0. The second-order valence-electron chi connectivity index (χ2n) is 5.39. The summed E-state index contributed by atoms with van der Waals surface area (Å²) in [5, 5.41) is 13.9. The highest BCUT2D eigenvalue weighted by Crippen LogP contribution is 2.26. The van der Waals surface area contributed by atoms with Crippen LogP contribution in [0.4, 0.5) is 0 Å². The SMILES string of the molecule is C=C(C)[C@H]1CC=C(C)C(=NNC(=O)c2ccccc2O)C1. The number of nitrogens with one attached hydrogen (secondary N) is 1. The molecule has 0 bridgehead atoms. The van der Waals surface area contributed by atoms with E-state index in [2.05, 4.69) is 23.2 Å². The highest BCUT2D eigenvalue weighted by Gasteiger charge is 2.19. The molecule has 1 aliphatic carbocycles. The lowest BCUT2D eigenvalue weighted by atomic mass is 9.85. The highest BCUT2D eigenvalue weighted by atomic mass is 16.3. The van der Waals surface area contributed by atoms with E-state index in [1.54, 1.807) is 18.2 Å². The third-order valence-corrected chi connectivity index (χ3v) is 3.74. The van der Waals surface area contributed by atoms with E-state index in [-0.39, 0.29) is 11.3 Å². The molecule has 1 aliphatic rings. The predicted molar refractivity (Wildman–Crippen MR) is 84.3 cm³/mol. The number of phenolic OH excluding ortho intramolecular Hbond substituents is 1. The Morgan fingerprint density at radius 2 is 2.14 bits per heavy atom. The third kappa shape index (κ3) is 3.60. The lowest BCUT2D eigenvalue weighted by molar-refractivity contribution is 0.0952. The first-order chi connectivity index (χ1) is 9.99. The molecular weight excluding hydrogens is 264 g/mol. The molecule has 21 heavy (non-hydrogen) atoms. The Balaban J connectivity index is 2.12. The molecule has 0 unspecified atom stereocenters. The van der Waals surface area contributed by atoms with Crippen LogP contribution in [0.2, 0.25) is 0 Å². The van der Waals surface area contributed by atoms with Gasteiger partial charge in [0.05, 0.1) is 11.3 Å². The third-order valence-electron chi connectivity index (χ3n) is 3.74. The summed E-state index contributed by atoms with van der Waals surface area (Å²) in [6.07, 6.45) is 3.86. The summed E-state index contributed by atoms with van der Waals surface area (Å²) in [6, 6.07) is 6.41. The first-order valence-corrected chi connectivity index (χ1v) is 6.96. The van der Waals surface area contributed by atoms with E-state index in [9.17, 15) is 9.90 Å². The van der Waals surface area contributed by atoms with Crippen LogP contribution in [0.5, 0.6) is 5.75 Å². The van der Waals surface area contributed by atoms with Crippen molar-refractivity contribution in [1.29, 1.82) is 0 Å². The zero-order valence-electron chi connectivity index (χ0n) is 12.4. The minimum atomic E-state index is -0.411. The summed E-state index contributed by atoms with van der Waals surface area (Å²) in [5.41, 5.74) is 5.79. The maximum absolute atomic E-state index is 12.0. The number of rotatable bonds is 3. The Morgan fingerprint density at radius 1 is 1.43 bits per heavy atom. The van der Waals surface area contributed by atoms with Crippen LogP contribution < -0.4 is 5.43 Å². The average molecular weight is 284 g/mol. The second kappa shape index (κ2) is 6.39. The Kier molecular flexibility index (Phi) is 4.58. The van der Waals surface area contributed by atoms with Crippen LogP contribution in [-0.2, 0) is 0 Å². The number of hydrogen-bond donors (Lipinski definition) is 2. The number of phenols is 1. The van der Waals surface area contributed by atoms with Crippen LogP contribution >= 0.6 is 0 Å². The first kappa shape index (κ1) is 15.0. The molecule has 110 valence electrons. The molecule has 0 radical (unpaired) electrons. The van der Waals surface area contributed by atoms with Crippen molar-refractivity contribution in [3.63, 3.8) is 0 Å². The van der Waals surface area contributed by atoms with Crippen molar-refractivity contribution >= 4 is 11.6 Å².